The minimum atomic E-state index is -4.73. The Hall–Kier alpha value is -1.96. The normalized spacial score (nSPS) is 15.5. The minimum absolute atomic E-state index is 0.119. The van der Waals surface area contributed by atoms with E-state index in [1.165, 1.54) is 16.7 Å². The molecule has 1 amide bonds. The second-order valence-electron chi connectivity index (χ2n) is 6.69. The first-order valence-corrected chi connectivity index (χ1v) is 12.0. The van der Waals surface area contributed by atoms with Gasteiger partial charge in [-0.05, 0) is 74.2 Å². The fourth-order valence-electron chi connectivity index (χ4n) is 2.86. The first-order valence-electron chi connectivity index (χ1n) is 9.20. The van der Waals surface area contributed by atoms with E-state index < -0.39 is 22.4 Å². The number of nitrogens with zero attached hydrogens (tertiary/aromatic N) is 2. The van der Waals surface area contributed by atoms with Crippen LogP contribution in [0.25, 0.3) is 6.08 Å². The lowest BCUT2D eigenvalue weighted by Gasteiger charge is -2.13. The molecule has 1 aliphatic rings. The van der Waals surface area contributed by atoms with E-state index in [9.17, 15) is 28.1 Å². The summed E-state index contributed by atoms with van der Waals surface area (Å²) in [6.07, 6.45) is -2.32. The van der Waals surface area contributed by atoms with Crippen molar-refractivity contribution >= 4 is 77.8 Å². The van der Waals surface area contributed by atoms with Crippen molar-refractivity contribution in [3.8, 4) is 11.5 Å². The number of halogens is 5. The lowest BCUT2D eigenvalue weighted by atomic mass is 10.1. The van der Waals surface area contributed by atoms with Crippen molar-refractivity contribution in [3.63, 3.8) is 0 Å². The Morgan fingerprint density at radius 2 is 1.88 bits per heavy atom. The minimum Gasteiger partial charge on any atom is -0.448 e. The Morgan fingerprint density at radius 3 is 2.42 bits per heavy atom. The van der Waals surface area contributed by atoms with Crippen LogP contribution in [-0.2, 0) is 11.0 Å². The molecule has 0 spiro atoms. The third kappa shape index (κ3) is 5.76. The van der Waals surface area contributed by atoms with Gasteiger partial charge >= 0.3 is 11.9 Å². The molecule has 2 aromatic rings. The van der Waals surface area contributed by atoms with E-state index in [1.54, 1.807) is 18.2 Å². The third-order valence-corrected chi connectivity index (χ3v) is 6.89. The summed E-state index contributed by atoms with van der Waals surface area (Å²) in [6.45, 7) is 2.46. The van der Waals surface area contributed by atoms with Crippen LogP contribution in [0.2, 0.25) is 0 Å². The van der Waals surface area contributed by atoms with Crippen LogP contribution < -0.4 is 4.74 Å². The lowest BCUT2D eigenvalue weighted by Crippen LogP contribution is -2.28. The maximum atomic E-state index is 12.9. The number of carbonyl (C=O) groups excluding carboxylic acids is 1. The molecule has 0 radical (unpaired) electrons. The molecule has 6 nitrogen and oxygen atoms in total. The fourth-order valence-corrected chi connectivity index (χ4v) is 5.55. The second-order valence-corrected chi connectivity index (χ2v) is 10.1. The van der Waals surface area contributed by atoms with E-state index in [-0.39, 0.29) is 17.4 Å². The number of amides is 1. The van der Waals surface area contributed by atoms with Gasteiger partial charge in [0.05, 0.1) is 24.3 Å². The lowest BCUT2D eigenvalue weighted by molar-refractivity contribution is -0.385. The summed E-state index contributed by atoms with van der Waals surface area (Å²) in [5.41, 5.74) is -1.37. The van der Waals surface area contributed by atoms with Gasteiger partial charge in [0, 0.05) is 12.6 Å². The number of nitro benzene ring substituents is 1. The zero-order chi connectivity index (χ0) is 24.5. The molecule has 0 aromatic heterocycles. The van der Waals surface area contributed by atoms with Gasteiger partial charge in [-0.3, -0.25) is 19.8 Å². The van der Waals surface area contributed by atoms with Crippen LogP contribution in [0.4, 0.5) is 18.9 Å². The second kappa shape index (κ2) is 10.1. The zero-order valence-corrected chi connectivity index (χ0v) is 21.4. The van der Waals surface area contributed by atoms with Crippen LogP contribution in [0, 0.1) is 10.1 Å². The van der Waals surface area contributed by atoms with E-state index in [2.05, 4.69) is 31.9 Å². The van der Waals surface area contributed by atoms with Crippen LogP contribution >= 0.6 is 55.8 Å². The number of hydrogen-bond donors (Lipinski definition) is 0. The standard InChI is InChI=1S/C20H13Br2F3N2O4S2/c1-2-5-26-18(28)16(33-19(26)32)8-10-6-12(21)17(13(22)7-10)31-15-4-3-11(20(23,24)25)9-14(15)27(29)30/h3-4,6-9H,2,5H2,1H3/b16-8+. The molecule has 1 heterocycles. The molecule has 33 heavy (non-hydrogen) atoms. The Morgan fingerprint density at radius 1 is 1.24 bits per heavy atom. The zero-order valence-electron chi connectivity index (χ0n) is 16.6. The maximum absolute atomic E-state index is 12.9. The number of ether oxygens (including phenoxy) is 1. The predicted molar refractivity (Wildman–Crippen MR) is 130 cm³/mol. The molecule has 1 saturated heterocycles. The van der Waals surface area contributed by atoms with Gasteiger partial charge in [0.25, 0.3) is 5.91 Å². The largest absolute Gasteiger partial charge is 0.448 e. The van der Waals surface area contributed by atoms with Gasteiger partial charge < -0.3 is 4.74 Å². The van der Waals surface area contributed by atoms with Gasteiger partial charge in [-0.25, -0.2) is 0 Å². The Labute approximate surface area is 212 Å². The molecule has 3 rings (SSSR count). The first-order chi connectivity index (χ1) is 15.4. The number of nitro groups is 1. The van der Waals surface area contributed by atoms with Crippen molar-refractivity contribution in [2.75, 3.05) is 6.54 Å². The SMILES string of the molecule is CCCN1C(=O)/C(=C\c2cc(Br)c(Oc3ccc(C(F)(F)F)cc3[N+](=O)[O-])c(Br)c2)SC1=S. The highest BCUT2D eigenvalue weighted by molar-refractivity contribution is 9.11. The Kier molecular flexibility index (Phi) is 7.87. The van der Waals surface area contributed by atoms with E-state index in [4.69, 9.17) is 17.0 Å². The summed E-state index contributed by atoms with van der Waals surface area (Å²) < 4.78 is 45.6. The van der Waals surface area contributed by atoms with Gasteiger partial charge in [-0.15, -0.1) is 0 Å². The molecule has 0 N–H and O–H groups in total. The molecule has 174 valence electrons. The highest BCUT2D eigenvalue weighted by Gasteiger charge is 2.34. The van der Waals surface area contributed by atoms with Crippen molar-refractivity contribution in [2.45, 2.75) is 19.5 Å². The summed E-state index contributed by atoms with van der Waals surface area (Å²) in [6, 6.07) is 5.25. The molecule has 2 aromatic carbocycles. The van der Waals surface area contributed by atoms with Crippen LogP contribution in [0.3, 0.4) is 0 Å². The average Bonchev–Trinajstić information content (AvgIpc) is 2.97. The summed E-state index contributed by atoms with van der Waals surface area (Å²) in [5, 5.41) is 11.3. The summed E-state index contributed by atoms with van der Waals surface area (Å²) in [5.74, 6) is -0.434. The number of thiocarbonyl (C=S) groups is 1. The van der Waals surface area contributed by atoms with Gasteiger partial charge in [0.2, 0.25) is 5.75 Å². The van der Waals surface area contributed by atoms with Crippen LogP contribution in [0.15, 0.2) is 44.2 Å². The van der Waals surface area contributed by atoms with Crippen molar-refractivity contribution in [2.24, 2.45) is 0 Å². The number of benzene rings is 2. The van der Waals surface area contributed by atoms with Crippen LogP contribution in [0.5, 0.6) is 11.5 Å². The van der Waals surface area contributed by atoms with Crippen molar-refractivity contribution in [3.05, 3.63) is 65.4 Å². The van der Waals surface area contributed by atoms with E-state index >= 15 is 0 Å². The van der Waals surface area contributed by atoms with E-state index in [0.717, 1.165) is 12.5 Å². The fraction of sp³-hybridized carbons (Fsp3) is 0.200. The first kappa shape index (κ1) is 25.7. The summed E-state index contributed by atoms with van der Waals surface area (Å²) in [7, 11) is 0. The van der Waals surface area contributed by atoms with E-state index in [0.29, 0.717) is 42.4 Å². The van der Waals surface area contributed by atoms with E-state index in [1.807, 2.05) is 6.92 Å². The summed E-state index contributed by atoms with van der Waals surface area (Å²) in [4.78, 5) is 24.9. The quantitative estimate of drug-likeness (QED) is 0.143. The molecule has 1 aliphatic heterocycles. The molecule has 0 saturated carbocycles. The van der Waals surface area contributed by atoms with Gasteiger partial charge in [-0.1, -0.05) is 30.9 Å². The van der Waals surface area contributed by atoms with Crippen LogP contribution in [0.1, 0.15) is 24.5 Å². The molecular weight excluding hydrogens is 613 g/mol. The van der Waals surface area contributed by atoms with Gasteiger partial charge in [-0.2, -0.15) is 13.2 Å². The molecule has 0 bridgehead atoms. The Bertz CT molecular complexity index is 1170. The van der Waals surface area contributed by atoms with Gasteiger partial charge in [0.15, 0.2) is 5.75 Å². The monoisotopic (exact) mass is 624 g/mol. The molecule has 0 atom stereocenters. The highest BCUT2D eigenvalue weighted by atomic mass is 79.9. The van der Waals surface area contributed by atoms with Crippen LogP contribution in [-0.4, -0.2) is 26.6 Å². The highest BCUT2D eigenvalue weighted by Crippen LogP contribution is 2.43. The third-order valence-electron chi connectivity index (χ3n) is 4.33. The maximum Gasteiger partial charge on any atom is 0.416 e. The number of rotatable bonds is 6. The number of carbonyl (C=O) groups is 1. The van der Waals surface area contributed by atoms with Crippen molar-refractivity contribution < 1.29 is 27.6 Å². The Balaban J connectivity index is 1.93. The number of thioether (sulfide) groups is 1. The number of hydrogen-bond acceptors (Lipinski definition) is 6. The summed E-state index contributed by atoms with van der Waals surface area (Å²) >= 11 is 13.1. The molecule has 0 aliphatic carbocycles. The molecule has 13 heteroatoms. The number of alkyl halides is 3. The topological polar surface area (TPSA) is 72.7 Å². The molecule has 0 unspecified atom stereocenters. The van der Waals surface area contributed by atoms with Crippen molar-refractivity contribution in [1.29, 1.82) is 0 Å². The average molecular weight is 626 g/mol. The van der Waals surface area contributed by atoms with Crippen molar-refractivity contribution in [1.82, 2.24) is 4.90 Å². The predicted octanol–water partition coefficient (Wildman–Crippen LogP) is 7.54. The van der Waals surface area contributed by atoms with Gasteiger partial charge in [0.1, 0.15) is 4.32 Å². The molecule has 1 fully saturated rings. The smallest absolute Gasteiger partial charge is 0.416 e. The molecular formula is C20H13Br2F3N2O4S2.